The number of halogens is 6. The Hall–Kier alpha value is -1.38. The summed E-state index contributed by atoms with van der Waals surface area (Å²) in [5.74, 6) is -0.101. The molecule has 9 heteroatoms. The molecular weight excluding hydrogens is 344 g/mol. The van der Waals surface area contributed by atoms with Crippen molar-refractivity contribution in [2.75, 3.05) is 12.3 Å². The Kier molecular flexibility index (Phi) is 3.81. The van der Waals surface area contributed by atoms with Crippen molar-refractivity contribution in [2.45, 2.75) is 30.1 Å². The molecule has 0 N–H and O–H groups in total. The second kappa shape index (κ2) is 5.32. The average Bonchev–Trinajstić information content (AvgIpc) is 3.06. The first kappa shape index (κ1) is 16.5. The molecule has 2 aliphatic rings. The number of fused-ring (bicyclic) bond motifs is 2. The van der Waals surface area contributed by atoms with Crippen molar-refractivity contribution in [3.63, 3.8) is 0 Å². The predicted octanol–water partition coefficient (Wildman–Crippen LogP) is 4.05. The fourth-order valence-corrected chi connectivity index (χ4v) is 4.33. The van der Waals surface area contributed by atoms with E-state index in [1.54, 1.807) is 11.8 Å². The van der Waals surface area contributed by atoms with Crippen molar-refractivity contribution < 1.29 is 31.1 Å². The number of alkyl halides is 6. The van der Waals surface area contributed by atoms with Gasteiger partial charge in [0.05, 0.1) is 11.1 Å². The van der Waals surface area contributed by atoms with Gasteiger partial charge in [0.15, 0.2) is 0 Å². The van der Waals surface area contributed by atoms with Gasteiger partial charge < -0.3 is 4.90 Å². The van der Waals surface area contributed by atoms with Gasteiger partial charge in [0, 0.05) is 29.2 Å². The summed E-state index contributed by atoms with van der Waals surface area (Å²) in [6.07, 6.45) is -9.16. The molecule has 2 fully saturated rings. The van der Waals surface area contributed by atoms with Gasteiger partial charge in [-0.15, -0.1) is 0 Å². The van der Waals surface area contributed by atoms with Crippen LogP contribution in [0.15, 0.2) is 18.2 Å². The van der Waals surface area contributed by atoms with Crippen LogP contribution >= 0.6 is 11.8 Å². The number of benzene rings is 1. The van der Waals surface area contributed by atoms with Gasteiger partial charge in [-0.1, -0.05) is 0 Å². The third kappa shape index (κ3) is 3.15. The third-order valence-corrected chi connectivity index (χ3v) is 5.39. The second-order valence-electron chi connectivity index (χ2n) is 5.60. The molecule has 2 bridgehead atoms. The molecule has 1 aromatic rings. The highest BCUT2D eigenvalue weighted by Crippen LogP contribution is 2.40. The number of hydrogen-bond acceptors (Lipinski definition) is 2. The molecule has 2 heterocycles. The van der Waals surface area contributed by atoms with Crippen molar-refractivity contribution in [2.24, 2.45) is 0 Å². The van der Waals surface area contributed by atoms with Crippen LogP contribution in [-0.4, -0.2) is 34.4 Å². The minimum absolute atomic E-state index is 0.0305. The Morgan fingerprint density at radius 2 is 1.61 bits per heavy atom. The summed E-state index contributed by atoms with van der Waals surface area (Å²) < 4.78 is 77.0. The zero-order valence-corrected chi connectivity index (χ0v) is 12.4. The molecule has 0 spiro atoms. The van der Waals surface area contributed by atoms with E-state index in [9.17, 15) is 31.1 Å². The molecule has 0 radical (unpaired) electrons. The Balaban J connectivity index is 1.99. The molecule has 23 heavy (non-hydrogen) atoms. The fraction of sp³-hybridized carbons (Fsp3) is 0.500. The van der Waals surface area contributed by atoms with E-state index in [-0.39, 0.29) is 17.4 Å². The predicted molar refractivity (Wildman–Crippen MR) is 72.1 cm³/mol. The summed E-state index contributed by atoms with van der Waals surface area (Å²) >= 11 is 1.67. The summed E-state index contributed by atoms with van der Waals surface area (Å²) in [4.78, 5) is 13.8. The molecule has 2 nitrogen and oxygen atoms in total. The van der Waals surface area contributed by atoms with Crippen molar-refractivity contribution in [1.29, 1.82) is 0 Å². The maximum Gasteiger partial charge on any atom is 0.416 e. The molecule has 2 aliphatic heterocycles. The van der Waals surface area contributed by atoms with E-state index in [4.69, 9.17) is 0 Å². The Morgan fingerprint density at radius 3 is 2.00 bits per heavy atom. The smallest absolute Gasteiger partial charge is 0.334 e. The summed E-state index contributed by atoms with van der Waals surface area (Å²) in [6.45, 7) is 0.367. The first-order valence-corrected chi connectivity index (χ1v) is 7.82. The molecule has 126 valence electrons. The van der Waals surface area contributed by atoms with Gasteiger partial charge in [-0.05, 0) is 24.6 Å². The molecule has 0 aromatic heterocycles. The maximum atomic E-state index is 12.8. The first-order valence-electron chi connectivity index (χ1n) is 6.78. The number of rotatable bonds is 1. The molecular formula is C14H11F6NOS. The topological polar surface area (TPSA) is 20.3 Å². The van der Waals surface area contributed by atoms with Crippen LogP contribution in [-0.2, 0) is 12.4 Å². The summed E-state index contributed by atoms with van der Waals surface area (Å²) in [6, 6.07) is 0.914. The van der Waals surface area contributed by atoms with Crippen molar-refractivity contribution >= 4 is 17.7 Å². The zero-order chi connectivity index (χ0) is 17.0. The number of nitrogens with zero attached hydrogens (tertiary/aromatic N) is 1. The standard InChI is InChI=1S/C14H11F6NOS/c15-13(16,17)8-1-7(2-9(3-8)14(18,19)20)12(22)21-5-11-4-10(21)6-23-11/h1-3,10-11H,4-6H2. The van der Waals surface area contributed by atoms with Gasteiger partial charge in [0.2, 0.25) is 0 Å². The summed E-state index contributed by atoms with van der Waals surface area (Å²) in [5.41, 5.74) is -3.49. The van der Waals surface area contributed by atoms with Crippen LogP contribution in [0.4, 0.5) is 26.3 Å². The van der Waals surface area contributed by atoms with Crippen LogP contribution in [0.3, 0.4) is 0 Å². The van der Waals surface area contributed by atoms with Gasteiger partial charge >= 0.3 is 12.4 Å². The summed E-state index contributed by atoms with van der Waals surface area (Å²) in [5, 5.41) is 0.219. The lowest BCUT2D eigenvalue weighted by molar-refractivity contribution is -0.143. The van der Waals surface area contributed by atoms with E-state index in [1.807, 2.05) is 0 Å². The number of carbonyl (C=O) groups is 1. The fourth-order valence-electron chi connectivity index (χ4n) is 2.89. The van der Waals surface area contributed by atoms with Crippen LogP contribution in [0, 0.1) is 0 Å². The highest BCUT2D eigenvalue weighted by molar-refractivity contribution is 8.00. The first-order chi connectivity index (χ1) is 10.6. The average molecular weight is 355 g/mol. The second-order valence-corrected chi connectivity index (χ2v) is 6.93. The van der Waals surface area contributed by atoms with E-state index in [0.717, 1.165) is 6.42 Å². The molecule has 0 aliphatic carbocycles. The zero-order valence-electron chi connectivity index (χ0n) is 11.5. The molecule has 3 rings (SSSR count). The lowest BCUT2D eigenvalue weighted by atomic mass is 10.0. The highest BCUT2D eigenvalue weighted by Gasteiger charge is 2.43. The molecule has 0 saturated carbocycles. The minimum atomic E-state index is -4.95. The van der Waals surface area contributed by atoms with E-state index < -0.39 is 35.0 Å². The van der Waals surface area contributed by atoms with Gasteiger partial charge in [-0.25, -0.2) is 0 Å². The number of amides is 1. The van der Waals surface area contributed by atoms with Crippen LogP contribution < -0.4 is 0 Å². The summed E-state index contributed by atoms with van der Waals surface area (Å²) in [7, 11) is 0. The quantitative estimate of drug-likeness (QED) is 0.709. The number of thioether (sulfide) groups is 1. The Morgan fingerprint density at radius 1 is 1.04 bits per heavy atom. The lowest BCUT2D eigenvalue weighted by Gasteiger charge is -2.27. The highest BCUT2D eigenvalue weighted by atomic mass is 32.2. The Labute approximate surface area is 131 Å². The van der Waals surface area contributed by atoms with E-state index in [2.05, 4.69) is 0 Å². The maximum absolute atomic E-state index is 12.8. The number of likely N-dealkylation sites (tertiary alicyclic amines) is 1. The molecule has 2 saturated heterocycles. The van der Waals surface area contributed by atoms with Gasteiger partial charge in [-0.2, -0.15) is 38.1 Å². The van der Waals surface area contributed by atoms with Crippen LogP contribution in [0.1, 0.15) is 27.9 Å². The van der Waals surface area contributed by atoms with E-state index >= 15 is 0 Å². The normalized spacial score (nSPS) is 24.3. The number of hydrogen-bond donors (Lipinski definition) is 0. The Bertz CT molecular complexity index is 609. The lowest BCUT2D eigenvalue weighted by Crippen LogP contribution is -2.39. The van der Waals surface area contributed by atoms with E-state index in [1.165, 1.54) is 4.90 Å². The van der Waals surface area contributed by atoms with Gasteiger partial charge in [0.25, 0.3) is 5.91 Å². The molecule has 2 atom stereocenters. The van der Waals surface area contributed by atoms with Crippen molar-refractivity contribution in [3.05, 3.63) is 34.9 Å². The van der Waals surface area contributed by atoms with Crippen LogP contribution in [0.2, 0.25) is 0 Å². The molecule has 1 amide bonds. The van der Waals surface area contributed by atoms with Crippen molar-refractivity contribution in [3.8, 4) is 0 Å². The van der Waals surface area contributed by atoms with Gasteiger partial charge in [-0.3, -0.25) is 4.79 Å². The molecule has 2 unspecified atom stereocenters. The van der Waals surface area contributed by atoms with Crippen LogP contribution in [0.25, 0.3) is 0 Å². The number of carbonyl (C=O) groups excluding carboxylic acids is 1. The SMILES string of the molecule is O=C(c1cc(C(F)(F)F)cc(C(F)(F)F)c1)N1CC2CC1CS2. The van der Waals surface area contributed by atoms with Crippen LogP contribution in [0.5, 0.6) is 0 Å². The third-order valence-electron chi connectivity index (χ3n) is 4.00. The molecule has 1 aromatic carbocycles. The largest absolute Gasteiger partial charge is 0.416 e. The van der Waals surface area contributed by atoms with Crippen molar-refractivity contribution in [1.82, 2.24) is 4.90 Å². The van der Waals surface area contributed by atoms with Gasteiger partial charge in [0.1, 0.15) is 0 Å². The van der Waals surface area contributed by atoms with E-state index in [0.29, 0.717) is 24.4 Å². The monoisotopic (exact) mass is 355 g/mol. The minimum Gasteiger partial charge on any atom is -0.334 e.